The monoisotopic (exact) mass is 256 g/mol. The Morgan fingerprint density at radius 1 is 1.28 bits per heavy atom. The lowest BCUT2D eigenvalue weighted by molar-refractivity contribution is -0.143. The number of hydrogen-bond acceptors (Lipinski definition) is 4. The Morgan fingerprint density at radius 3 is 2.50 bits per heavy atom. The minimum Gasteiger partial charge on any atom is -0.468 e. The second-order valence-electron chi connectivity index (χ2n) is 4.77. The number of nitrogens with one attached hydrogen (secondary N) is 2. The number of carbonyl (C=O) groups excluding carboxylic acids is 2. The first kappa shape index (κ1) is 15.0. The van der Waals surface area contributed by atoms with Gasteiger partial charge in [0.15, 0.2) is 0 Å². The first-order valence-electron chi connectivity index (χ1n) is 6.78. The van der Waals surface area contributed by atoms with Crippen molar-refractivity contribution in [1.82, 2.24) is 10.6 Å². The summed E-state index contributed by atoms with van der Waals surface area (Å²) in [4.78, 5) is 23.0. The fourth-order valence-corrected chi connectivity index (χ4v) is 2.28. The fourth-order valence-electron chi connectivity index (χ4n) is 2.28. The zero-order valence-corrected chi connectivity index (χ0v) is 11.3. The standard InChI is InChI=1S/C13H24N2O3/c1-3-11(13(17)18-2)14-9-12(16)15-10-7-5-4-6-8-10/h10-11,14H,3-9H2,1-2H3,(H,15,16). The molecule has 5 nitrogen and oxygen atoms in total. The molecule has 1 atom stereocenters. The van der Waals surface area contributed by atoms with Crippen LogP contribution in [0.25, 0.3) is 0 Å². The maximum atomic E-state index is 11.7. The van der Waals surface area contributed by atoms with E-state index in [1.165, 1.54) is 26.4 Å². The zero-order chi connectivity index (χ0) is 13.4. The van der Waals surface area contributed by atoms with Crippen LogP contribution in [0.15, 0.2) is 0 Å². The molecule has 0 aliphatic heterocycles. The van der Waals surface area contributed by atoms with Crippen LogP contribution in [0.2, 0.25) is 0 Å². The third-order valence-electron chi connectivity index (χ3n) is 3.37. The molecule has 0 spiro atoms. The van der Waals surface area contributed by atoms with Crippen LogP contribution >= 0.6 is 0 Å². The molecule has 0 aromatic carbocycles. The van der Waals surface area contributed by atoms with Crippen LogP contribution < -0.4 is 10.6 Å². The third-order valence-corrected chi connectivity index (χ3v) is 3.37. The highest BCUT2D eigenvalue weighted by Gasteiger charge is 2.19. The molecule has 2 N–H and O–H groups in total. The van der Waals surface area contributed by atoms with Gasteiger partial charge in [0, 0.05) is 6.04 Å². The number of ether oxygens (including phenoxy) is 1. The largest absolute Gasteiger partial charge is 0.468 e. The van der Waals surface area contributed by atoms with E-state index in [-0.39, 0.29) is 18.4 Å². The van der Waals surface area contributed by atoms with Crippen LogP contribution in [-0.2, 0) is 14.3 Å². The summed E-state index contributed by atoms with van der Waals surface area (Å²) in [6, 6.07) is -0.0849. The van der Waals surface area contributed by atoms with Gasteiger partial charge in [-0.25, -0.2) is 0 Å². The van der Waals surface area contributed by atoms with Gasteiger partial charge < -0.3 is 10.1 Å². The molecule has 1 unspecified atom stereocenters. The third kappa shape index (κ3) is 5.04. The van der Waals surface area contributed by atoms with Gasteiger partial charge in [-0.05, 0) is 19.3 Å². The van der Waals surface area contributed by atoms with Gasteiger partial charge in [-0.1, -0.05) is 26.2 Å². The Hall–Kier alpha value is -1.10. The van der Waals surface area contributed by atoms with E-state index in [2.05, 4.69) is 15.4 Å². The lowest BCUT2D eigenvalue weighted by atomic mass is 9.95. The average Bonchev–Trinajstić information content (AvgIpc) is 2.40. The van der Waals surface area contributed by atoms with E-state index in [0.29, 0.717) is 12.5 Å². The number of amides is 1. The molecule has 1 aliphatic carbocycles. The van der Waals surface area contributed by atoms with Crippen LogP contribution in [-0.4, -0.2) is 37.6 Å². The van der Waals surface area contributed by atoms with Gasteiger partial charge >= 0.3 is 5.97 Å². The van der Waals surface area contributed by atoms with Crippen LogP contribution in [0.5, 0.6) is 0 Å². The molecule has 0 heterocycles. The topological polar surface area (TPSA) is 67.4 Å². The summed E-state index contributed by atoms with van der Waals surface area (Å²) < 4.78 is 4.65. The molecule has 0 saturated heterocycles. The molecule has 0 aromatic heterocycles. The Balaban J connectivity index is 2.24. The maximum Gasteiger partial charge on any atom is 0.322 e. The van der Waals surface area contributed by atoms with Gasteiger partial charge in [-0.15, -0.1) is 0 Å². The van der Waals surface area contributed by atoms with Gasteiger partial charge in [-0.2, -0.15) is 0 Å². The van der Waals surface area contributed by atoms with E-state index in [0.717, 1.165) is 12.8 Å². The van der Waals surface area contributed by atoms with Crippen molar-refractivity contribution in [2.45, 2.75) is 57.5 Å². The maximum absolute atomic E-state index is 11.7. The Morgan fingerprint density at radius 2 is 1.94 bits per heavy atom. The molecule has 1 amide bonds. The van der Waals surface area contributed by atoms with Crippen molar-refractivity contribution in [3.05, 3.63) is 0 Å². The summed E-state index contributed by atoms with van der Waals surface area (Å²) in [5.74, 6) is -0.354. The van der Waals surface area contributed by atoms with E-state index < -0.39 is 6.04 Å². The van der Waals surface area contributed by atoms with E-state index in [1.807, 2.05) is 6.92 Å². The molecule has 1 fully saturated rings. The molecule has 0 bridgehead atoms. The molecule has 1 aliphatic rings. The Bertz CT molecular complexity index is 275. The van der Waals surface area contributed by atoms with E-state index >= 15 is 0 Å². The number of carbonyl (C=O) groups is 2. The second-order valence-corrected chi connectivity index (χ2v) is 4.77. The molecular formula is C13H24N2O3. The van der Waals surface area contributed by atoms with Gasteiger partial charge in [0.2, 0.25) is 5.91 Å². The number of esters is 1. The number of hydrogen-bond donors (Lipinski definition) is 2. The molecule has 18 heavy (non-hydrogen) atoms. The van der Waals surface area contributed by atoms with E-state index in [1.54, 1.807) is 0 Å². The number of rotatable bonds is 6. The number of methoxy groups -OCH3 is 1. The SMILES string of the molecule is CCC(NCC(=O)NC1CCCCC1)C(=O)OC. The van der Waals surface area contributed by atoms with Gasteiger partial charge in [-0.3, -0.25) is 14.9 Å². The lowest BCUT2D eigenvalue weighted by Gasteiger charge is -2.23. The Labute approximate surface area is 109 Å². The highest BCUT2D eigenvalue weighted by Crippen LogP contribution is 2.17. The highest BCUT2D eigenvalue weighted by molar-refractivity contribution is 5.80. The first-order valence-corrected chi connectivity index (χ1v) is 6.78. The summed E-state index contributed by atoms with van der Waals surface area (Å²) in [5.41, 5.74) is 0. The van der Waals surface area contributed by atoms with Crippen molar-refractivity contribution < 1.29 is 14.3 Å². The molecule has 1 saturated carbocycles. The molecule has 5 heteroatoms. The van der Waals surface area contributed by atoms with Gasteiger partial charge in [0.25, 0.3) is 0 Å². The summed E-state index contributed by atoms with van der Waals surface area (Å²) in [6.07, 6.45) is 6.41. The summed E-state index contributed by atoms with van der Waals surface area (Å²) in [7, 11) is 1.36. The smallest absolute Gasteiger partial charge is 0.322 e. The van der Waals surface area contributed by atoms with E-state index in [9.17, 15) is 9.59 Å². The lowest BCUT2D eigenvalue weighted by Crippen LogP contribution is -2.46. The van der Waals surface area contributed by atoms with Crippen LogP contribution in [0.1, 0.15) is 45.4 Å². The van der Waals surface area contributed by atoms with Gasteiger partial charge in [0.05, 0.1) is 13.7 Å². The summed E-state index contributed by atoms with van der Waals surface area (Å²) in [5, 5.41) is 5.92. The average molecular weight is 256 g/mol. The van der Waals surface area contributed by atoms with Crippen LogP contribution in [0.4, 0.5) is 0 Å². The molecule has 104 valence electrons. The van der Waals surface area contributed by atoms with Crippen LogP contribution in [0, 0.1) is 0 Å². The minimum absolute atomic E-state index is 0.0377. The van der Waals surface area contributed by atoms with Crippen molar-refractivity contribution in [3.63, 3.8) is 0 Å². The predicted molar refractivity (Wildman–Crippen MR) is 69.1 cm³/mol. The summed E-state index contributed by atoms with van der Waals surface area (Å²) in [6.45, 7) is 2.05. The normalized spacial score (nSPS) is 18.1. The molecule has 1 rings (SSSR count). The molecular weight excluding hydrogens is 232 g/mol. The van der Waals surface area contributed by atoms with Crippen molar-refractivity contribution in [2.75, 3.05) is 13.7 Å². The first-order chi connectivity index (χ1) is 8.67. The van der Waals surface area contributed by atoms with Crippen LogP contribution in [0.3, 0.4) is 0 Å². The minimum atomic E-state index is -0.396. The van der Waals surface area contributed by atoms with E-state index in [4.69, 9.17) is 0 Å². The fraction of sp³-hybridized carbons (Fsp3) is 0.846. The molecule has 0 aromatic rings. The quantitative estimate of drug-likeness (QED) is 0.695. The van der Waals surface area contributed by atoms with Crippen molar-refractivity contribution in [2.24, 2.45) is 0 Å². The van der Waals surface area contributed by atoms with Crippen molar-refractivity contribution >= 4 is 11.9 Å². The summed E-state index contributed by atoms with van der Waals surface area (Å²) >= 11 is 0. The predicted octanol–water partition coefficient (Wildman–Crippen LogP) is 0.976. The zero-order valence-electron chi connectivity index (χ0n) is 11.3. The highest BCUT2D eigenvalue weighted by atomic mass is 16.5. The molecule has 0 radical (unpaired) electrons. The van der Waals surface area contributed by atoms with Crippen molar-refractivity contribution in [1.29, 1.82) is 0 Å². The second kappa shape index (κ2) is 8.08. The van der Waals surface area contributed by atoms with Crippen molar-refractivity contribution in [3.8, 4) is 0 Å². The van der Waals surface area contributed by atoms with Gasteiger partial charge in [0.1, 0.15) is 6.04 Å². The Kier molecular flexibility index (Phi) is 6.72.